The van der Waals surface area contributed by atoms with Crippen LogP contribution in [0.2, 0.25) is 0 Å². The molecule has 2 amide bonds. The van der Waals surface area contributed by atoms with Crippen molar-refractivity contribution in [1.82, 2.24) is 14.9 Å². The Morgan fingerprint density at radius 2 is 1.55 bits per heavy atom. The van der Waals surface area contributed by atoms with Crippen LogP contribution in [0.3, 0.4) is 0 Å². The third-order valence-electron chi connectivity index (χ3n) is 5.90. The van der Waals surface area contributed by atoms with Crippen LogP contribution in [0, 0.1) is 0 Å². The molecule has 204 valence electrons. The molecule has 0 radical (unpaired) electrons. The lowest BCUT2D eigenvalue weighted by Gasteiger charge is -2.21. The lowest BCUT2D eigenvalue weighted by Crippen LogP contribution is -2.38. The molecule has 0 aliphatic rings. The molecule has 9 heteroatoms. The number of carbonyl (C=O) groups is 2. The van der Waals surface area contributed by atoms with E-state index < -0.39 is 21.7 Å². The van der Waals surface area contributed by atoms with Crippen LogP contribution in [-0.4, -0.2) is 50.6 Å². The van der Waals surface area contributed by atoms with Gasteiger partial charge in [0.1, 0.15) is 5.60 Å². The number of benzene rings is 3. The first kappa shape index (κ1) is 29.1. The van der Waals surface area contributed by atoms with Crippen molar-refractivity contribution in [2.75, 3.05) is 19.6 Å². The molecule has 0 fully saturated rings. The predicted octanol–water partition coefficient (Wildman–Crippen LogP) is 4.62. The molecule has 3 aromatic rings. The lowest BCUT2D eigenvalue weighted by molar-refractivity contribution is -0.128. The third-order valence-corrected chi connectivity index (χ3v) is 7.36. The summed E-state index contributed by atoms with van der Waals surface area (Å²) in [5.74, 6) is -0.0986. The SMILES string of the molecule is CC(=O)N(CCCc1ccc(CNC(=O)OC(C)(C)C)cc1)CCNS(=O)(=O)c1ccc2ccccc2c1. The number of nitrogens with one attached hydrogen (secondary N) is 2. The van der Waals surface area contributed by atoms with Gasteiger partial charge in [0.25, 0.3) is 0 Å². The molecule has 0 aliphatic heterocycles. The highest BCUT2D eigenvalue weighted by Crippen LogP contribution is 2.18. The summed E-state index contributed by atoms with van der Waals surface area (Å²) in [6, 6.07) is 20.5. The zero-order chi connectivity index (χ0) is 27.8. The summed E-state index contributed by atoms with van der Waals surface area (Å²) in [6.45, 7) is 8.27. The number of carbonyl (C=O) groups excluding carboxylic acids is 2. The van der Waals surface area contributed by atoms with Gasteiger partial charge in [0.2, 0.25) is 15.9 Å². The number of alkyl carbamates (subject to hydrolysis) is 1. The second-order valence-electron chi connectivity index (χ2n) is 10.2. The van der Waals surface area contributed by atoms with Gasteiger partial charge in [0, 0.05) is 33.1 Å². The molecule has 0 unspecified atom stereocenters. The van der Waals surface area contributed by atoms with Crippen LogP contribution in [0.5, 0.6) is 0 Å². The van der Waals surface area contributed by atoms with Crippen LogP contribution in [0.15, 0.2) is 71.6 Å². The molecule has 8 nitrogen and oxygen atoms in total. The first-order valence-electron chi connectivity index (χ1n) is 12.7. The molecule has 0 aliphatic carbocycles. The molecule has 0 spiro atoms. The largest absolute Gasteiger partial charge is 0.444 e. The van der Waals surface area contributed by atoms with Gasteiger partial charge in [0.05, 0.1) is 4.90 Å². The van der Waals surface area contributed by atoms with Crippen molar-refractivity contribution in [3.05, 3.63) is 77.9 Å². The van der Waals surface area contributed by atoms with E-state index in [4.69, 9.17) is 4.74 Å². The second kappa shape index (κ2) is 12.9. The first-order chi connectivity index (χ1) is 17.9. The summed E-state index contributed by atoms with van der Waals surface area (Å²) in [6.07, 6.45) is 1.06. The van der Waals surface area contributed by atoms with Gasteiger partial charge in [0.15, 0.2) is 0 Å². The molecule has 0 saturated heterocycles. The Hall–Kier alpha value is -3.43. The molecule has 2 N–H and O–H groups in total. The minimum Gasteiger partial charge on any atom is -0.444 e. The van der Waals surface area contributed by atoms with Crippen LogP contribution in [0.1, 0.15) is 45.2 Å². The van der Waals surface area contributed by atoms with E-state index in [1.807, 2.05) is 69.3 Å². The fourth-order valence-electron chi connectivity index (χ4n) is 3.95. The highest BCUT2D eigenvalue weighted by atomic mass is 32.2. The smallest absolute Gasteiger partial charge is 0.407 e. The van der Waals surface area contributed by atoms with E-state index in [-0.39, 0.29) is 23.9 Å². The number of ether oxygens (including phenoxy) is 1. The van der Waals surface area contributed by atoms with Crippen LogP contribution in [-0.2, 0) is 32.5 Å². The Morgan fingerprint density at radius 3 is 2.21 bits per heavy atom. The van der Waals surface area contributed by atoms with Crippen LogP contribution in [0.4, 0.5) is 4.79 Å². The fraction of sp³-hybridized carbons (Fsp3) is 0.379. The van der Waals surface area contributed by atoms with Gasteiger partial charge in [-0.1, -0.05) is 54.6 Å². The standard InChI is InChI=1S/C29H37N3O5S/c1-22(33)32(19-17-31-38(35,36)27-16-15-25-9-5-6-10-26(25)20-27)18-7-8-23-11-13-24(14-12-23)21-30-28(34)37-29(2,3)4/h5-6,9-16,20,31H,7-8,17-19,21H2,1-4H3,(H,30,34). The Balaban J connectivity index is 1.44. The van der Waals surface area contributed by atoms with Crippen molar-refractivity contribution in [2.24, 2.45) is 0 Å². The minimum absolute atomic E-state index is 0.0986. The fourth-order valence-corrected chi connectivity index (χ4v) is 5.00. The van der Waals surface area contributed by atoms with E-state index in [1.165, 1.54) is 6.92 Å². The van der Waals surface area contributed by atoms with Crippen molar-refractivity contribution in [2.45, 2.75) is 57.6 Å². The Morgan fingerprint density at radius 1 is 0.895 bits per heavy atom. The second-order valence-corrected chi connectivity index (χ2v) is 12.0. The molecule has 38 heavy (non-hydrogen) atoms. The number of amides is 2. The quantitative estimate of drug-likeness (QED) is 0.370. The minimum atomic E-state index is -3.68. The maximum Gasteiger partial charge on any atom is 0.407 e. The van der Waals surface area contributed by atoms with E-state index in [9.17, 15) is 18.0 Å². The van der Waals surface area contributed by atoms with Crippen molar-refractivity contribution in [1.29, 1.82) is 0 Å². The summed E-state index contributed by atoms with van der Waals surface area (Å²) in [7, 11) is -3.68. The number of hydrogen-bond donors (Lipinski definition) is 2. The Kier molecular flexibility index (Phi) is 9.88. The highest BCUT2D eigenvalue weighted by molar-refractivity contribution is 7.89. The summed E-state index contributed by atoms with van der Waals surface area (Å²) >= 11 is 0. The molecule has 3 rings (SSSR count). The van der Waals surface area contributed by atoms with Crippen molar-refractivity contribution < 1.29 is 22.7 Å². The molecular weight excluding hydrogens is 502 g/mol. The number of fused-ring (bicyclic) bond motifs is 1. The number of sulfonamides is 1. The van der Waals surface area contributed by atoms with E-state index >= 15 is 0 Å². The van der Waals surface area contributed by atoms with Gasteiger partial charge in [-0.25, -0.2) is 17.9 Å². The van der Waals surface area contributed by atoms with Crippen molar-refractivity contribution in [3.63, 3.8) is 0 Å². The summed E-state index contributed by atoms with van der Waals surface area (Å²) in [4.78, 5) is 25.8. The van der Waals surface area contributed by atoms with Gasteiger partial charge in [-0.05, 0) is 67.6 Å². The molecule has 0 heterocycles. The van der Waals surface area contributed by atoms with Gasteiger partial charge in [-0.2, -0.15) is 0 Å². The third kappa shape index (κ3) is 9.15. The zero-order valence-electron chi connectivity index (χ0n) is 22.5. The van der Waals surface area contributed by atoms with E-state index in [2.05, 4.69) is 10.0 Å². The van der Waals surface area contributed by atoms with Crippen molar-refractivity contribution in [3.8, 4) is 0 Å². The Labute approximate surface area is 225 Å². The van der Waals surface area contributed by atoms with Crippen LogP contribution >= 0.6 is 0 Å². The summed E-state index contributed by atoms with van der Waals surface area (Å²) in [5, 5.41) is 4.57. The zero-order valence-corrected chi connectivity index (χ0v) is 23.3. The normalized spacial score (nSPS) is 11.8. The van der Waals surface area contributed by atoms with E-state index in [0.29, 0.717) is 13.1 Å². The average Bonchev–Trinajstić information content (AvgIpc) is 2.85. The lowest BCUT2D eigenvalue weighted by atomic mass is 10.1. The maximum absolute atomic E-state index is 12.8. The van der Waals surface area contributed by atoms with Gasteiger partial charge in [-0.15, -0.1) is 0 Å². The van der Waals surface area contributed by atoms with E-state index in [1.54, 1.807) is 23.1 Å². The number of aryl methyl sites for hydroxylation is 1. The molecule has 3 aromatic carbocycles. The van der Waals surface area contributed by atoms with Gasteiger partial charge >= 0.3 is 6.09 Å². The molecule has 0 saturated carbocycles. The van der Waals surface area contributed by atoms with Crippen molar-refractivity contribution >= 4 is 32.8 Å². The van der Waals surface area contributed by atoms with Crippen LogP contribution < -0.4 is 10.0 Å². The maximum atomic E-state index is 12.8. The molecule has 0 bridgehead atoms. The summed E-state index contributed by atoms with van der Waals surface area (Å²) < 4.78 is 33.4. The first-order valence-corrected chi connectivity index (χ1v) is 14.2. The Bertz CT molecular complexity index is 1350. The molecule has 0 aromatic heterocycles. The van der Waals surface area contributed by atoms with Crippen LogP contribution in [0.25, 0.3) is 10.8 Å². The number of rotatable bonds is 11. The molecular formula is C29H37N3O5S. The highest BCUT2D eigenvalue weighted by Gasteiger charge is 2.17. The summed E-state index contributed by atoms with van der Waals surface area (Å²) in [5.41, 5.74) is 1.54. The topological polar surface area (TPSA) is 105 Å². The van der Waals surface area contributed by atoms with Gasteiger partial charge in [-0.3, -0.25) is 4.79 Å². The monoisotopic (exact) mass is 539 g/mol. The van der Waals surface area contributed by atoms with E-state index in [0.717, 1.165) is 34.7 Å². The predicted molar refractivity (Wildman–Crippen MR) is 149 cm³/mol. The number of hydrogen-bond acceptors (Lipinski definition) is 5. The average molecular weight is 540 g/mol. The molecule has 0 atom stereocenters. The number of nitrogens with zero attached hydrogens (tertiary/aromatic N) is 1. The van der Waals surface area contributed by atoms with Gasteiger partial charge < -0.3 is 15.0 Å².